The molecule has 3 nitrogen and oxygen atoms in total. The van der Waals surface area contributed by atoms with Crippen LogP contribution in [-0.4, -0.2) is 10.9 Å². The molecular weight excluding hydrogens is 232 g/mol. The molecule has 0 aliphatic rings. The Kier molecular flexibility index (Phi) is 3.24. The Morgan fingerprint density at radius 3 is 2.71 bits per heavy atom. The number of thiophene rings is 1. The van der Waals surface area contributed by atoms with Gasteiger partial charge in [0, 0.05) is 22.9 Å². The molecule has 0 saturated carbocycles. The van der Waals surface area contributed by atoms with Gasteiger partial charge in [0.05, 0.1) is 0 Å². The number of amides is 1. The van der Waals surface area contributed by atoms with E-state index in [0.717, 1.165) is 5.56 Å². The smallest absolute Gasteiger partial charge is 0.222 e. The molecule has 2 aromatic heterocycles. The lowest BCUT2D eigenvalue weighted by molar-refractivity contribution is -0.114. The molecule has 88 valence electrons. The Labute approximate surface area is 105 Å². The Morgan fingerprint density at radius 2 is 2.12 bits per heavy atom. The van der Waals surface area contributed by atoms with Crippen LogP contribution < -0.4 is 5.32 Å². The van der Waals surface area contributed by atoms with Gasteiger partial charge < -0.3 is 5.32 Å². The van der Waals surface area contributed by atoms with E-state index >= 15 is 0 Å². The van der Waals surface area contributed by atoms with E-state index < -0.39 is 0 Å². The van der Waals surface area contributed by atoms with Crippen LogP contribution >= 0.6 is 11.3 Å². The van der Waals surface area contributed by atoms with E-state index in [9.17, 15) is 4.79 Å². The summed E-state index contributed by atoms with van der Waals surface area (Å²) in [5, 5.41) is 2.69. The molecule has 0 atom stereocenters. The molecule has 0 aromatic carbocycles. The largest absolute Gasteiger partial charge is 0.311 e. The molecule has 1 N–H and O–H groups in total. The highest BCUT2D eigenvalue weighted by Gasteiger charge is 2.06. The van der Waals surface area contributed by atoms with Crippen LogP contribution in [0.5, 0.6) is 0 Å². The van der Waals surface area contributed by atoms with Crippen LogP contribution in [0.1, 0.15) is 17.4 Å². The number of pyridine rings is 1. The fourth-order valence-corrected chi connectivity index (χ4v) is 2.58. The molecule has 4 heteroatoms. The monoisotopic (exact) mass is 246 g/mol. The Bertz CT molecular complexity index is 541. The van der Waals surface area contributed by atoms with Crippen molar-refractivity contribution in [2.75, 3.05) is 5.32 Å². The average molecular weight is 246 g/mol. The van der Waals surface area contributed by atoms with Crippen molar-refractivity contribution in [3.8, 4) is 10.4 Å². The molecular formula is C13H14N2OS. The van der Waals surface area contributed by atoms with Gasteiger partial charge in [-0.15, -0.1) is 11.3 Å². The fraction of sp³-hybridized carbons (Fsp3) is 0.231. The highest BCUT2D eigenvalue weighted by molar-refractivity contribution is 7.15. The molecule has 0 unspecified atom stereocenters. The van der Waals surface area contributed by atoms with Gasteiger partial charge in [-0.1, -0.05) is 0 Å². The molecule has 0 aliphatic carbocycles. The minimum atomic E-state index is -0.104. The lowest BCUT2D eigenvalue weighted by Gasteiger charge is -2.02. The van der Waals surface area contributed by atoms with E-state index in [1.807, 2.05) is 12.1 Å². The highest BCUT2D eigenvalue weighted by Crippen LogP contribution is 2.31. The van der Waals surface area contributed by atoms with Gasteiger partial charge >= 0.3 is 0 Å². The maximum atomic E-state index is 11.0. The Morgan fingerprint density at radius 1 is 1.35 bits per heavy atom. The van der Waals surface area contributed by atoms with Gasteiger partial charge in [-0.05, 0) is 43.2 Å². The summed E-state index contributed by atoms with van der Waals surface area (Å²) >= 11 is 1.75. The number of carbonyl (C=O) groups excluding carboxylic acids is 1. The van der Waals surface area contributed by atoms with Gasteiger partial charge in [-0.25, -0.2) is 4.98 Å². The summed E-state index contributed by atoms with van der Waals surface area (Å²) in [6.07, 6.45) is 1.71. The molecule has 0 fully saturated rings. The van der Waals surface area contributed by atoms with E-state index in [1.165, 1.54) is 22.2 Å². The molecule has 0 radical (unpaired) electrons. The predicted octanol–water partition coefficient (Wildman–Crippen LogP) is 3.39. The molecule has 1 amide bonds. The average Bonchev–Trinajstić information content (AvgIpc) is 2.59. The standard InChI is InChI=1S/C13H14N2OS/c1-8-6-12(17-9(8)2)11-4-5-14-13(7-11)15-10(3)16/h4-7H,1-3H3,(H,14,15,16). The third kappa shape index (κ3) is 2.71. The SMILES string of the molecule is CC(=O)Nc1cc(-c2cc(C)c(C)s2)ccn1. The number of anilines is 1. The van der Waals surface area contributed by atoms with Crippen molar-refractivity contribution in [2.24, 2.45) is 0 Å². The summed E-state index contributed by atoms with van der Waals surface area (Å²) in [6.45, 7) is 5.69. The number of nitrogens with one attached hydrogen (secondary N) is 1. The molecule has 17 heavy (non-hydrogen) atoms. The van der Waals surface area contributed by atoms with E-state index in [2.05, 4.69) is 30.2 Å². The second kappa shape index (κ2) is 4.67. The zero-order valence-electron chi connectivity index (χ0n) is 10.1. The zero-order valence-corrected chi connectivity index (χ0v) is 10.9. The molecule has 2 heterocycles. The van der Waals surface area contributed by atoms with Crippen molar-refractivity contribution in [3.05, 3.63) is 34.8 Å². The first-order chi connectivity index (χ1) is 8.06. The number of carbonyl (C=O) groups is 1. The van der Waals surface area contributed by atoms with Crippen LogP contribution in [-0.2, 0) is 4.79 Å². The Balaban J connectivity index is 2.35. The Hall–Kier alpha value is -1.68. The zero-order chi connectivity index (χ0) is 12.4. The van der Waals surface area contributed by atoms with Crippen molar-refractivity contribution in [3.63, 3.8) is 0 Å². The van der Waals surface area contributed by atoms with Crippen LogP contribution in [0.25, 0.3) is 10.4 Å². The van der Waals surface area contributed by atoms with Gasteiger partial charge in [0.1, 0.15) is 5.82 Å². The third-order valence-electron chi connectivity index (χ3n) is 2.51. The summed E-state index contributed by atoms with van der Waals surface area (Å²) < 4.78 is 0. The molecule has 2 aromatic rings. The molecule has 0 spiro atoms. The summed E-state index contributed by atoms with van der Waals surface area (Å²) in [4.78, 5) is 17.6. The van der Waals surface area contributed by atoms with Crippen molar-refractivity contribution in [1.29, 1.82) is 0 Å². The summed E-state index contributed by atoms with van der Waals surface area (Å²) in [5.41, 5.74) is 2.38. The number of aromatic nitrogens is 1. The normalized spacial score (nSPS) is 10.3. The van der Waals surface area contributed by atoms with Crippen molar-refractivity contribution in [2.45, 2.75) is 20.8 Å². The molecule has 0 aliphatic heterocycles. The number of nitrogens with zero attached hydrogens (tertiary/aromatic N) is 1. The maximum absolute atomic E-state index is 11.0. The maximum Gasteiger partial charge on any atom is 0.222 e. The summed E-state index contributed by atoms with van der Waals surface area (Å²) in [7, 11) is 0. The van der Waals surface area contributed by atoms with E-state index in [4.69, 9.17) is 0 Å². The van der Waals surface area contributed by atoms with Gasteiger partial charge in [-0.3, -0.25) is 4.79 Å². The van der Waals surface area contributed by atoms with Gasteiger partial charge in [0.2, 0.25) is 5.91 Å². The summed E-state index contributed by atoms with van der Waals surface area (Å²) in [6, 6.07) is 6.01. The molecule has 0 saturated heterocycles. The minimum absolute atomic E-state index is 0.104. The van der Waals surface area contributed by atoms with Crippen molar-refractivity contribution < 1.29 is 4.79 Å². The fourth-order valence-electron chi connectivity index (χ4n) is 1.55. The first-order valence-corrected chi connectivity index (χ1v) is 6.19. The van der Waals surface area contributed by atoms with Gasteiger partial charge in [0.15, 0.2) is 0 Å². The van der Waals surface area contributed by atoms with Crippen LogP contribution in [0.3, 0.4) is 0 Å². The summed E-state index contributed by atoms with van der Waals surface area (Å²) in [5.74, 6) is 0.492. The van der Waals surface area contributed by atoms with Gasteiger partial charge in [0.25, 0.3) is 0 Å². The number of hydrogen-bond acceptors (Lipinski definition) is 3. The van der Waals surface area contributed by atoms with E-state index in [1.54, 1.807) is 17.5 Å². The number of aryl methyl sites for hydroxylation is 2. The lowest BCUT2D eigenvalue weighted by Crippen LogP contribution is -2.06. The van der Waals surface area contributed by atoms with Crippen molar-refractivity contribution in [1.82, 2.24) is 4.98 Å². The number of hydrogen-bond donors (Lipinski definition) is 1. The first-order valence-electron chi connectivity index (χ1n) is 5.37. The van der Waals surface area contributed by atoms with Crippen molar-refractivity contribution >= 4 is 23.1 Å². The van der Waals surface area contributed by atoms with Crippen LogP contribution in [0.4, 0.5) is 5.82 Å². The predicted molar refractivity (Wildman–Crippen MR) is 71.3 cm³/mol. The van der Waals surface area contributed by atoms with Gasteiger partial charge in [-0.2, -0.15) is 0 Å². The number of rotatable bonds is 2. The van der Waals surface area contributed by atoms with E-state index in [0.29, 0.717) is 5.82 Å². The second-order valence-electron chi connectivity index (χ2n) is 3.96. The van der Waals surface area contributed by atoms with Crippen LogP contribution in [0.2, 0.25) is 0 Å². The quantitative estimate of drug-likeness (QED) is 0.882. The molecule has 0 bridgehead atoms. The highest BCUT2D eigenvalue weighted by atomic mass is 32.1. The lowest BCUT2D eigenvalue weighted by atomic mass is 10.2. The van der Waals surface area contributed by atoms with E-state index in [-0.39, 0.29) is 5.91 Å². The van der Waals surface area contributed by atoms with Crippen LogP contribution in [0.15, 0.2) is 24.4 Å². The minimum Gasteiger partial charge on any atom is -0.311 e. The topological polar surface area (TPSA) is 42.0 Å². The second-order valence-corrected chi connectivity index (χ2v) is 5.22. The molecule has 2 rings (SSSR count). The third-order valence-corrected chi connectivity index (χ3v) is 3.72. The van der Waals surface area contributed by atoms with Crippen LogP contribution in [0, 0.1) is 13.8 Å². The first kappa shape index (κ1) is 11.8.